The maximum Gasteiger partial charge on any atom is 0.358 e. The van der Waals surface area contributed by atoms with Crippen molar-refractivity contribution in [1.29, 1.82) is 0 Å². The topological polar surface area (TPSA) is 90.1 Å². The van der Waals surface area contributed by atoms with Gasteiger partial charge in [-0.05, 0) is 13.8 Å². The van der Waals surface area contributed by atoms with E-state index in [1.54, 1.807) is 13.8 Å². The third-order valence-electron chi connectivity index (χ3n) is 2.23. The summed E-state index contributed by atoms with van der Waals surface area (Å²) >= 11 is 1.39. The third-order valence-corrected chi connectivity index (χ3v) is 3.16. The van der Waals surface area contributed by atoms with Crippen molar-refractivity contribution in [2.75, 3.05) is 11.9 Å². The van der Waals surface area contributed by atoms with Crippen molar-refractivity contribution in [3.8, 4) is 0 Å². The highest BCUT2D eigenvalue weighted by Gasteiger charge is 2.16. The fraction of sp³-hybridized carbons (Fsp3) is 0.455. The lowest BCUT2D eigenvalue weighted by Crippen LogP contribution is -2.07. The standard InChI is InChI=1S/C11H14N4O3S/c1-4-17-10(16)9-6(2)19-11(14-9)12-5-8-13-7(3)18-15-8/h4-5H2,1-3H3,(H,12,14). The molecule has 0 saturated heterocycles. The van der Waals surface area contributed by atoms with Crippen LogP contribution in [0.2, 0.25) is 0 Å². The molecule has 0 atom stereocenters. The van der Waals surface area contributed by atoms with E-state index in [0.717, 1.165) is 4.88 Å². The number of carbonyl (C=O) groups excluding carboxylic acids is 1. The van der Waals surface area contributed by atoms with Gasteiger partial charge < -0.3 is 14.6 Å². The van der Waals surface area contributed by atoms with Crippen LogP contribution in [0.4, 0.5) is 5.13 Å². The van der Waals surface area contributed by atoms with Crippen molar-refractivity contribution in [1.82, 2.24) is 15.1 Å². The molecule has 0 bridgehead atoms. The molecule has 0 aliphatic rings. The summed E-state index contributed by atoms with van der Waals surface area (Å²) in [5.74, 6) is 0.655. The predicted octanol–water partition coefficient (Wildman–Crippen LogP) is 1.93. The first-order valence-corrected chi connectivity index (χ1v) is 6.59. The Labute approximate surface area is 114 Å². The summed E-state index contributed by atoms with van der Waals surface area (Å²) in [4.78, 5) is 20.7. The minimum absolute atomic E-state index is 0.334. The predicted molar refractivity (Wildman–Crippen MR) is 69.2 cm³/mol. The van der Waals surface area contributed by atoms with Crippen LogP contribution in [0.1, 0.15) is 34.0 Å². The molecule has 0 amide bonds. The Morgan fingerprint density at radius 2 is 2.21 bits per heavy atom. The van der Waals surface area contributed by atoms with Crippen LogP contribution in [0.5, 0.6) is 0 Å². The molecule has 0 radical (unpaired) electrons. The lowest BCUT2D eigenvalue weighted by molar-refractivity contribution is 0.0519. The highest BCUT2D eigenvalue weighted by molar-refractivity contribution is 7.15. The molecule has 1 N–H and O–H groups in total. The van der Waals surface area contributed by atoms with Gasteiger partial charge in [-0.15, -0.1) is 11.3 Å². The number of rotatable bonds is 5. The normalized spacial score (nSPS) is 10.5. The maximum atomic E-state index is 11.6. The van der Waals surface area contributed by atoms with Gasteiger partial charge in [0.2, 0.25) is 5.89 Å². The Bertz CT molecular complexity index is 578. The summed E-state index contributed by atoms with van der Waals surface area (Å²) in [6, 6.07) is 0. The molecule has 0 aliphatic heterocycles. The monoisotopic (exact) mass is 282 g/mol. The quantitative estimate of drug-likeness (QED) is 0.838. The molecule has 0 unspecified atom stereocenters. The number of anilines is 1. The maximum absolute atomic E-state index is 11.6. The third kappa shape index (κ3) is 3.28. The lowest BCUT2D eigenvalue weighted by atomic mass is 10.4. The molecule has 2 heterocycles. The second-order valence-corrected chi connectivity index (χ2v) is 4.93. The molecule has 0 fully saturated rings. The van der Waals surface area contributed by atoms with E-state index < -0.39 is 5.97 Å². The first-order chi connectivity index (χ1) is 9.10. The van der Waals surface area contributed by atoms with Crippen LogP contribution >= 0.6 is 11.3 Å². The molecule has 2 aromatic heterocycles. The van der Waals surface area contributed by atoms with Gasteiger partial charge in [-0.25, -0.2) is 9.78 Å². The van der Waals surface area contributed by atoms with Crippen molar-refractivity contribution in [3.05, 3.63) is 22.3 Å². The zero-order chi connectivity index (χ0) is 13.8. The first kappa shape index (κ1) is 13.5. The van der Waals surface area contributed by atoms with Crippen LogP contribution < -0.4 is 5.32 Å². The number of thiazole rings is 1. The molecule has 0 aromatic carbocycles. The molecule has 0 aliphatic carbocycles. The van der Waals surface area contributed by atoms with Crippen LogP contribution in [-0.2, 0) is 11.3 Å². The first-order valence-electron chi connectivity index (χ1n) is 5.77. The fourth-order valence-corrected chi connectivity index (χ4v) is 2.23. The number of nitrogens with one attached hydrogen (secondary N) is 1. The highest BCUT2D eigenvalue weighted by atomic mass is 32.1. The second kappa shape index (κ2) is 5.79. The zero-order valence-electron chi connectivity index (χ0n) is 10.9. The summed E-state index contributed by atoms with van der Waals surface area (Å²) in [6.07, 6.45) is 0. The number of ether oxygens (including phenoxy) is 1. The number of carbonyl (C=O) groups is 1. The van der Waals surface area contributed by atoms with Crippen LogP contribution in [0, 0.1) is 13.8 Å². The summed E-state index contributed by atoms with van der Waals surface area (Å²) in [5, 5.41) is 7.44. The zero-order valence-corrected chi connectivity index (χ0v) is 11.7. The van der Waals surface area contributed by atoms with Gasteiger partial charge in [-0.2, -0.15) is 4.98 Å². The number of aromatic nitrogens is 3. The number of esters is 1. The van der Waals surface area contributed by atoms with Crippen LogP contribution in [0.25, 0.3) is 0 Å². The van der Waals surface area contributed by atoms with Gasteiger partial charge in [-0.1, -0.05) is 5.16 Å². The van der Waals surface area contributed by atoms with E-state index in [-0.39, 0.29) is 0 Å². The van der Waals surface area contributed by atoms with Crippen molar-refractivity contribution < 1.29 is 14.1 Å². The van der Waals surface area contributed by atoms with E-state index in [4.69, 9.17) is 9.26 Å². The van der Waals surface area contributed by atoms with E-state index >= 15 is 0 Å². The summed E-state index contributed by atoms with van der Waals surface area (Å²) in [6.45, 7) is 6.04. The number of hydrogen-bond acceptors (Lipinski definition) is 8. The average molecular weight is 282 g/mol. The van der Waals surface area contributed by atoms with Gasteiger partial charge in [0, 0.05) is 11.8 Å². The molecular formula is C11H14N4O3S. The van der Waals surface area contributed by atoms with Gasteiger partial charge in [-0.3, -0.25) is 0 Å². The van der Waals surface area contributed by atoms with Crippen LogP contribution in [0.15, 0.2) is 4.52 Å². The van der Waals surface area contributed by atoms with E-state index in [9.17, 15) is 4.79 Å². The van der Waals surface area contributed by atoms with Crippen LogP contribution in [0.3, 0.4) is 0 Å². The van der Waals surface area contributed by atoms with Gasteiger partial charge in [0.25, 0.3) is 0 Å². The van der Waals surface area contributed by atoms with E-state index in [2.05, 4.69) is 20.4 Å². The summed E-state index contributed by atoms with van der Waals surface area (Å²) < 4.78 is 9.79. The van der Waals surface area contributed by atoms with Crippen molar-refractivity contribution in [3.63, 3.8) is 0 Å². The molecular weight excluding hydrogens is 268 g/mol. The van der Waals surface area contributed by atoms with Crippen LogP contribution in [-0.4, -0.2) is 27.7 Å². The number of hydrogen-bond donors (Lipinski definition) is 1. The van der Waals surface area contributed by atoms with Gasteiger partial charge in [0.05, 0.1) is 13.2 Å². The largest absolute Gasteiger partial charge is 0.461 e. The Balaban J connectivity index is 2.01. The summed E-state index contributed by atoms with van der Waals surface area (Å²) in [5.41, 5.74) is 0.346. The molecule has 2 rings (SSSR count). The molecule has 2 aromatic rings. The molecule has 7 nitrogen and oxygen atoms in total. The molecule has 0 spiro atoms. The molecule has 0 saturated carbocycles. The molecule has 8 heteroatoms. The minimum atomic E-state index is -0.403. The summed E-state index contributed by atoms with van der Waals surface area (Å²) in [7, 11) is 0. The highest BCUT2D eigenvalue weighted by Crippen LogP contribution is 2.23. The van der Waals surface area contributed by atoms with E-state index in [0.29, 0.717) is 35.7 Å². The minimum Gasteiger partial charge on any atom is -0.461 e. The Morgan fingerprint density at radius 1 is 1.42 bits per heavy atom. The van der Waals surface area contributed by atoms with Crippen molar-refractivity contribution >= 4 is 22.4 Å². The SMILES string of the molecule is CCOC(=O)c1nc(NCc2noc(C)n2)sc1C. The smallest absolute Gasteiger partial charge is 0.358 e. The van der Waals surface area contributed by atoms with Gasteiger partial charge >= 0.3 is 5.97 Å². The van der Waals surface area contributed by atoms with Crippen molar-refractivity contribution in [2.24, 2.45) is 0 Å². The van der Waals surface area contributed by atoms with Gasteiger partial charge in [0.15, 0.2) is 16.6 Å². The lowest BCUT2D eigenvalue weighted by Gasteiger charge is -1.98. The van der Waals surface area contributed by atoms with E-state index in [1.165, 1.54) is 11.3 Å². The number of aryl methyl sites for hydroxylation is 2. The van der Waals surface area contributed by atoms with Crippen molar-refractivity contribution in [2.45, 2.75) is 27.3 Å². The Hall–Kier alpha value is -1.96. The molecule has 102 valence electrons. The van der Waals surface area contributed by atoms with Gasteiger partial charge in [0.1, 0.15) is 0 Å². The Kier molecular flexibility index (Phi) is 4.10. The Morgan fingerprint density at radius 3 is 2.84 bits per heavy atom. The average Bonchev–Trinajstić information content (AvgIpc) is 2.93. The fourth-order valence-electron chi connectivity index (χ4n) is 1.43. The second-order valence-electron chi connectivity index (χ2n) is 3.73. The number of nitrogens with zero attached hydrogens (tertiary/aromatic N) is 3. The van der Waals surface area contributed by atoms with E-state index in [1.807, 2.05) is 6.92 Å². The molecule has 19 heavy (non-hydrogen) atoms.